The maximum absolute atomic E-state index is 3.66. The molecular formula is C7H13N3. The molecule has 0 atom stereocenters. The summed E-state index contributed by atoms with van der Waals surface area (Å²) in [5, 5.41) is 2.02. The number of nitrogens with zero attached hydrogens (tertiary/aromatic N) is 2. The highest BCUT2D eigenvalue weighted by atomic mass is 15.6. The molecule has 0 aliphatic carbocycles. The molecule has 0 saturated carbocycles. The van der Waals surface area contributed by atoms with E-state index in [9.17, 15) is 0 Å². The second-order valence-electron chi connectivity index (χ2n) is 2.12. The molecule has 0 bridgehead atoms. The Morgan fingerprint density at radius 2 is 2.50 bits per heavy atom. The average Bonchev–Trinajstić information content (AvgIpc) is 2.37. The van der Waals surface area contributed by atoms with E-state index in [0.29, 0.717) is 0 Å². The van der Waals surface area contributed by atoms with E-state index in [0.717, 1.165) is 13.2 Å². The maximum Gasteiger partial charge on any atom is 0.108 e. The summed E-state index contributed by atoms with van der Waals surface area (Å²) in [6, 6.07) is 0. The fourth-order valence-corrected chi connectivity index (χ4v) is 0.861. The van der Waals surface area contributed by atoms with E-state index in [2.05, 4.69) is 18.9 Å². The van der Waals surface area contributed by atoms with E-state index in [1.54, 1.807) is 6.20 Å². The van der Waals surface area contributed by atoms with Gasteiger partial charge in [0.25, 0.3) is 0 Å². The summed E-state index contributed by atoms with van der Waals surface area (Å²) in [6.07, 6.45) is 5.77. The van der Waals surface area contributed by atoms with Crippen LogP contribution >= 0.6 is 0 Å². The third-order valence-corrected chi connectivity index (χ3v) is 1.35. The van der Waals surface area contributed by atoms with Gasteiger partial charge in [0.1, 0.15) is 6.67 Å². The van der Waals surface area contributed by atoms with E-state index in [1.807, 2.05) is 22.3 Å². The molecule has 1 N–H and O–H groups in total. The first-order valence-corrected chi connectivity index (χ1v) is 3.43. The van der Waals surface area contributed by atoms with Crippen LogP contribution in [0.1, 0.15) is 6.92 Å². The highest BCUT2D eigenvalue weighted by molar-refractivity contribution is 4.93. The maximum atomic E-state index is 3.66. The molecule has 1 rings (SSSR count). The lowest BCUT2D eigenvalue weighted by Crippen LogP contribution is -2.34. The molecule has 0 radical (unpaired) electrons. The topological polar surface area (TPSA) is 18.5 Å². The number of rotatable bonds is 3. The van der Waals surface area contributed by atoms with Crippen LogP contribution in [0.4, 0.5) is 0 Å². The minimum atomic E-state index is 0.858. The van der Waals surface area contributed by atoms with Gasteiger partial charge in [-0.15, -0.1) is 0 Å². The van der Waals surface area contributed by atoms with Crippen LogP contribution < -0.4 is 5.43 Å². The number of hydrogen-bond donors (Lipinski definition) is 1. The first kappa shape index (κ1) is 7.15. The third kappa shape index (κ3) is 1.51. The fourth-order valence-electron chi connectivity index (χ4n) is 0.861. The second-order valence-corrected chi connectivity index (χ2v) is 2.12. The SMILES string of the molecule is C=CN1C=CN(NCC)C1. The molecule has 1 aliphatic heterocycles. The van der Waals surface area contributed by atoms with Gasteiger partial charge in [0.2, 0.25) is 0 Å². The summed E-state index contributed by atoms with van der Waals surface area (Å²) < 4.78 is 0. The van der Waals surface area contributed by atoms with Crippen molar-refractivity contribution < 1.29 is 0 Å². The predicted molar refractivity (Wildman–Crippen MR) is 41.6 cm³/mol. The zero-order valence-electron chi connectivity index (χ0n) is 6.25. The zero-order chi connectivity index (χ0) is 7.40. The lowest BCUT2D eigenvalue weighted by molar-refractivity contribution is 0.240. The van der Waals surface area contributed by atoms with Crippen LogP contribution in [0.2, 0.25) is 0 Å². The summed E-state index contributed by atoms with van der Waals surface area (Å²) in [6.45, 7) is 7.54. The van der Waals surface area contributed by atoms with Crippen LogP contribution in [-0.4, -0.2) is 23.1 Å². The van der Waals surface area contributed by atoms with Crippen LogP contribution in [0.15, 0.2) is 25.2 Å². The van der Waals surface area contributed by atoms with Gasteiger partial charge in [-0.3, -0.25) is 5.01 Å². The van der Waals surface area contributed by atoms with Crippen LogP contribution in [-0.2, 0) is 0 Å². The highest BCUT2D eigenvalue weighted by Gasteiger charge is 2.06. The third-order valence-electron chi connectivity index (χ3n) is 1.35. The van der Waals surface area contributed by atoms with Crippen LogP contribution in [0.3, 0.4) is 0 Å². The number of nitrogens with one attached hydrogen (secondary N) is 1. The predicted octanol–water partition coefficient (Wildman–Crippen LogP) is 0.701. The van der Waals surface area contributed by atoms with Crippen molar-refractivity contribution in [3.8, 4) is 0 Å². The normalized spacial score (nSPS) is 16.5. The quantitative estimate of drug-likeness (QED) is 0.621. The Hall–Kier alpha value is -0.960. The Labute approximate surface area is 61.6 Å². The van der Waals surface area contributed by atoms with Crippen molar-refractivity contribution >= 4 is 0 Å². The summed E-state index contributed by atoms with van der Waals surface area (Å²) in [5.41, 5.74) is 3.17. The van der Waals surface area contributed by atoms with E-state index in [-0.39, 0.29) is 0 Å². The smallest absolute Gasteiger partial charge is 0.108 e. The van der Waals surface area contributed by atoms with Crippen molar-refractivity contribution in [3.05, 3.63) is 25.2 Å². The lowest BCUT2D eigenvalue weighted by Gasteiger charge is -2.17. The highest BCUT2D eigenvalue weighted by Crippen LogP contribution is 2.02. The molecule has 0 fully saturated rings. The Morgan fingerprint density at radius 3 is 3.00 bits per heavy atom. The van der Waals surface area contributed by atoms with Crippen molar-refractivity contribution in [2.75, 3.05) is 13.2 Å². The summed E-state index contributed by atoms with van der Waals surface area (Å²) >= 11 is 0. The minimum absolute atomic E-state index is 0.858. The number of hydrazine groups is 1. The van der Waals surface area contributed by atoms with Crippen LogP contribution in [0, 0.1) is 0 Å². The van der Waals surface area contributed by atoms with Crippen LogP contribution in [0.5, 0.6) is 0 Å². The zero-order valence-corrected chi connectivity index (χ0v) is 6.25. The molecule has 0 saturated heterocycles. The van der Waals surface area contributed by atoms with Crippen molar-refractivity contribution in [3.63, 3.8) is 0 Å². The van der Waals surface area contributed by atoms with Gasteiger partial charge in [-0.05, 0) is 6.20 Å². The standard InChI is InChI=1S/C7H13N3/c1-3-8-10-6-5-9(4-2)7-10/h4-6,8H,2-3,7H2,1H3. The molecule has 0 aromatic heterocycles. The second kappa shape index (κ2) is 3.27. The molecule has 1 heterocycles. The minimum Gasteiger partial charge on any atom is -0.334 e. The van der Waals surface area contributed by atoms with Crippen molar-refractivity contribution in [2.24, 2.45) is 0 Å². The van der Waals surface area contributed by atoms with Gasteiger partial charge < -0.3 is 4.90 Å². The molecule has 0 spiro atoms. The van der Waals surface area contributed by atoms with E-state index < -0.39 is 0 Å². The van der Waals surface area contributed by atoms with E-state index >= 15 is 0 Å². The van der Waals surface area contributed by atoms with E-state index in [1.165, 1.54) is 0 Å². The van der Waals surface area contributed by atoms with Gasteiger partial charge in [-0.1, -0.05) is 13.5 Å². The largest absolute Gasteiger partial charge is 0.334 e. The van der Waals surface area contributed by atoms with Gasteiger partial charge in [0.15, 0.2) is 0 Å². The van der Waals surface area contributed by atoms with Gasteiger partial charge in [0, 0.05) is 18.9 Å². The van der Waals surface area contributed by atoms with Crippen molar-refractivity contribution in [1.82, 2.24) is 15.3 Å². The molecule has 3 nitrogen and oxygen atoms in total. The molecule has 0 aromatic carbocycles. The monoisotopic (exact) mass is 139 g/mol. The van der Waals surface area contributed by atoms with Crippen LogP contribution in [0.25, 0.3) is 0 Å². The Morgan fingerprint density at radius 1 is 1.70 bits per heavy atom. The van der Waals surface area contributed by atoms with Gasteiger partial charge in [0.05, 0.1) is 0 Å². The Bertz CT molecular complexity index is 142. The summed E-state index contributed by atoms with van der Waals surface area (Å²) in [7, 11) is 0. The van der Waals surface area contributed by atoms with Crippen molar-refractivity contribution in [1.29, 1.82) is 0 Å². The average molecular weight is 139 g/mol. The first-order valence-electron chi connectivity index (χ1n) is 3.43. The van der Waals surface area contributed by atoms with Gasteiger partial charge in [-0.2, -0.15) is 0 Å². The van der Waals surface area contributed by atoms with Crippen molar-refractivity contribution in [2.45, 2.75) is 6.92 Å². The molecule has 0 aromatic rings. The molecule has 0 unspecified atom stereocenters. The lowest BCUT2D eigenvalue weighted by atomic mass is 10.8. The van der Waals surface area contributed by atoms with Gasteiger partial charge >= 0.3 is 0 Å². The molecule has 56 valence electrons. The first-order chi connectivity index (χ1) is 4.86. The molecule has 0 amide bonds. The molecular weight excluding hydrogens is 126 g/mol. The number of hydrogen-bond acceptors (Lipinski definition) is 3. The Balaban J connectivity index is 2.30. The van der Waals surface area contributed by atoms with Gasteiger partial charge in [-0.25, -0.2) is 5.43 Å². The molecule has 10 heavy (non-hydrogen) atoms. The molecule has 1 aliphatic rings. The Kier molecular flexibility index (Phi) is 2.34. The molecule has 3 heteroatoms. The summed E-state index contributed by atoms with van der Waals surface area (Å²) in [5.74, 6) is 0. The van der Waals surface area contributed by atoms with E-state index in [4.69, 9.17) is 0 Å². The fraction of sp³-hybridized carbons (Fsp3) is 0.429. The summed E-state index contributed by atoms with van der Waals surface area (Å²) in [4.78, 5) is 2.00.